The van der Waals surface area contributed by atoms with Crippen LogP contribution in [0.1, 0.15) is 43.7 Å². The summed E-state index contributed by atoms with van der Waals surface area (Å²) in [7, 11) is 0. The predicted octanol–water partition coefficient (Wildman–Crippen LogP) is 4.50. The van der Waals surface area contributed by atoms with E-state index in [1.807, 2.05) is 36.4 Å². The first-order valence-corrected chi connectivity index (χ1v) is 8.11. The van der Waals surface area contributed by atoms with Crippen LogP contribution in [0.15, 0.2) is 46.9 Å². The van der Waals surface area contributed by atoms with E-state index in [0.29, 0.717) is 17.6 Å². The van der Waals surface area contributed by atoms with Crippen molar-refractivity contribution in [1.82, 2.24) is 5.32 Å². The quantitative estimate of drug-likeness (QED) is 0.906. The summed E-state index contributed by atoms with van der Waals surface area (Å²) < 4.78 is 5.72. The van der Waals surface area contributed by atoms with E-state index in [-0.39, 0.29) is 11.9 Å². The minimum atomic E-state index is -0.104. The predicted molar refractivity (Wildman–Crippen MR) is 87.6 cm³/mol. The minimum absolute atomic E-state index is 0.104. The maximum atomic E-state index is 12.4. The van der Waals surface area contributed by atoms with E-state index in [1.54, 1.807) is 6.07 Å². The Balaban J connectivity index is 1.69. The van der Waals surface area contributed by atoms with Crippen LogP contribution in [-0.4, -0.2) is 11.9 Å². The lowest BCUT2D eigenvalue weighted by atomic mass is 9.78. The summed E-state index contributed by atoms with van der Waals surface area (Å²) in [6.07, 6.45) is 3.50. The molecule has 1 N–H and O–H groups in total. The number of benzene rings is 1. The Morgan fingerprint density at radius 1 is 1.09 bits per heavy atom. The molecule has 0 bridgehead atoms. The molecule has 1 aromatic heterocycles. The lowest BCUT2D eigenvalue weighted by Gasteiger charge is -2.34. The Kier molecular flexibility index (Phi) is 4.32. The van der Waals surface area contributed by atoms with Gasteiger partial charge < -0.3 is 9.73 Å². The molecule has 0 saturated heterocycles. The second kappa shape index (κ2) is 6.39. The molecule has 1 aliphatic carbocycles. The van der Waals surface area contributed by atoms with Crippen LogP contribution in [0.25, 0.3) is 11.3 Å². The maximum absolute atomic E-state index is 12.4. The van der Waals surface area contributed by atoms with Gasteiger partial charge in [-0.25, -0.2) is 0 Å². The molecule has 3 atom stereocenters. The molecule has 1 amide bonds. The standard InChI is InChI=1S/C19H23NO2/c1-13-7-6-10-16(14(13)2)20-19(21)18-12-11-17(22-18)15-8-4-3-5-9-15/h3-5,8-9,11-14,16H,6-7,10H2,1-2H3,(H,20,21)/t13-,14-,16-/m1/s1. The van der Waals surface area contributed by atoms with Gasteiger partial charge in [-0.2, -0.15) is 0 Å². The topological polar surface area (TPSA) is 42.2 Å². The van der Waals surface area contributed by atoms with Crippen molar-refractivity contribution in [3.8, 4) is 11.3 Å². The van der Waals surface area contributed by atoms with Crippen LogP contribution in [0.3, 0.4) is 0 Å². The average molecular weight is 297 g/mol. The van der Waals surface area contributed by atoms with Crippen molar-refractivity contribution in [3.63, 3.8) is 0 Å². The Bertz CT molecular complexity index is 632. The molecule has 1 fully saturated rings. The third-order valence-corrected chi connectivity index (χ3v) is 4.91. The van der Waals surface area contributed by atoms with Gasteiger partial charge in [-0.05, 0) is 30.4 Å². The van der Waals surface area contributed by atoms with Crippen LogP contribution in [0.4, 0.5) is 0 Å². The Hall–Kier alpha value is -2.03. The summed E-state index contributed by atoms with van der Waals surface area (Å²) in [5.41, 5.74) is 0.987. The van der Waals surface area contributed by atoms with Gasteiger partial charge in [0, 0.05) is 11.6 Å². The van der Waals surface area contributed by atoms with Crippen molar-refractivity contribution in [2.45, 2.75) is 39.2 Å². The summed E-state index contributed by atoms with van der Waals surface area (Å²) in [5.74, 6) is 2.20. The molecule has 22 heavy (non-hydrogen) atoms. The van der Waals surface area contributed by atoms with E-state index in [4.69, 9.17) is 4.42 Å². The number of amides is 1. The molecule has 3 nitrogen and oxygen atoms in total. The monoisotopic (exact) mass is 297 g/mol. The van der Waals surface area contributed by atoms with E-state index >= 15 is 0 Å². The summed E-state index contributed by atoms with van der Waals surface area (Å²) in [6, 6.07) is 13.7. The van der Waals surface area contributed by atoms with Gasteiger partial charge in [0.15, 0.2) is 5.76 Å². The van der Waals surface area contributed by atoms with Crippen molar-refractivity contribution in [3.05, 3.63) is 48.2 Å². The molecule has 3 heteroatoms. The van der Waals surface area contributed by atoms with Crippen LogP contribution in [0, 0.1) is 11.8 Å². The summed E-state index contributed by atoms with van der Waals surface area (Å²) in [4.78, 5) is 12.4. The SMILES string of the molecule is C[C@@H]1[C@H](C)CCC[C@H]1NC(=O)c1ccc(-c2ccccc2)o1. The first kappa shape index (κ1) is 14.9. The van der Waals surface area contributed by atoms with Crippen molar-refractivity contribution in [2.75, 3.05) is 0 Å². The third-order valence-electron chi connectivity index (χ3n) is 4.91. The van der Waals surface area contributed by atoms with Crippen molar-refractivity contribution in [1.29, 1.82) is 0 Å². The lowest BCUT2D eigenvalue weighted by Crippen LogP contribution is -2.43. The normalized spacial score (nSPS) is 24.9. The molecule has 1 aromatic carbocycles. The average Bonchev–Trinajstić information content (AvgIpc) is 3.03. The van der Waals surface area contributed by atoms with E-state index in [0.717, 1.165) is 17.7 Å². The molecular formula is C19H23NO2. The number of rotatable bonds is 3. The fourth-order valence-corrected chi connectivity index (χ4v) is 3.24. The highest BCUT2D eigenvalue weighted by atomic mass is 16.3. The molecule has 2 aromatic rings. The zero-order valence-electron chi connectivity index (χ0n) is 13.2. The first-order chi connectivity index (χ1) is 10.6. The van der Waals surface area contributed by atoms with Crippen molar-refractivity contribution in [2.24, 2.45) is 11.8 Å². The van der Waals surface area contributed by atoms with Gasteiger partial charge in [-0.1, -0.05) is 57.0 Å². The highest BCUT2D eigenvalue weighted by molar-refractivity contribution is 5.92. The zero-order chi connectivity index (χ0) is 15.5. The zero-order valence-corrected chi connectivity index (χ0v) is 13.2. The van der Waals surface area contributed by atoms with Gasteiger partial charge in [-0.15, -0.1) is 0 Å². The Morgan fingerprint density at radius 2 is 1.86 bits per heavy atom. The molecule has 0 radical (unpaired) electrons. The van der Waals surface area contributed by atoms with Crippen LogP contribution in [0.5, 0.6) is 0 Å². The molecule has 3 rings (SSSR count). The number of furan rings is 1. The van der Waals surface area contributed by atoms with E-state index in [2.05, 4.69) is 19.2 Å². The number of hydrogen-bond acceptors (Lipinski definition) is 2. The van der Waals surface area contributed by atoms with Gasteiger partial charge in [0.2, 0.25) is 0 Å². The molecule has 0 spiro atoms. The second-order valence-electron chi connectivity index (χ2n) is 6.38. The summed E-state index contributed by atoms with van der Waals surface area (Å²) in [5, 5.41) is 3.15. The molecule has 1 aliphatic rings. The second-order valence-corrected chi connectivity index (χ2v) is 6.38. The van der Waals surface area contributed by atoms with Crippen LogP contribution >= 0.6 is 0 Å². The van der Waals surface area contributed by atoms with Crippen LogP contribution in [-0.2, 0) is 0 Å². The number of nitrogens with one attached hydrogen (secondary N) is 1. The van der Waals surface area contributed by atoms with Gasteiger partial charge >= 0.3 is 0 Å². The fourth-order valence-electron chi connectivity index (χ4n) is 3.24. The van der Waals surface area contributed by atoms with E-state index < -0.39 is 0 Å². The van der Waals surface area contributed by atoms with Crippen LogP contribution < -0.4 is 5.32 Å². The van der Waals surface area contributed by atoms with Crippen molar-refractivity contribution < 1.29 is 9.21 Å². The Labute approximate surface area is 131 Å². The van der Waals surface area contributed by atoms with Gasteiger partial charge in [-0.3, -0.25) is 4.79 Å². The maximum Gasteiger partial charge on any atom is 0.287 e. The first-order valence-electron chi connectivity index (χ1n) is 8.11. The molecule has 0 aliphatic heterocycles. The molecular weight excluding hydrogens is 274 g/mol. The van der Waals surface area contributed by atoms with Gasteiger partial charge in [0.25, 0.3) is 5.91 Å². The highest BCUT2D eigenvalue weighted by Gasteiger charge is 2.29. The van der Waals surface area contributed by atoms with E-state index in [1.165, 1.54) is 12.8 Å². The van der Waals surface area contributed by atoms with Crippen LogP contribution in [0.2, 0.25) is 0 Å². The summed E-state index contributed by atoms with van der Waals surface area (Å²) >= 11 is 0. The smallest absolute Gasteiger partial charge is 0.287 e. The lowest BCUT2D eigenvalue weighted by molar-refractivity contribution is 0.0864. The number of carbonyl (C=O) groups excluding carboxylic acids is 1. The molecule has 116 valence electrons. The summed E-state index contributed by atoms with van der Waals surface area (Å²) in [6.45, 7) is 4.50. The number of carbonyl (C=O) groups is 1. The van der Waals surface area contributed by atoms with Crippen molar-refractivity contribution >= 4 is 5.91 Å². The van der Waals surface area contributed by atoms with Gasteiger partial charge in [0.1, 0.15) is 5.76 Å². The molecule has 1 heterocycles. The largest absolute Gasteiger partial charge is 0.451 e. The van der Waals surface area contributed by atoms with E-state index in [9.17, 15) is 4.79 Å². The molecule has 0 unspecified atom stereocenters. The third kappa shape index (κ3) is 3.08. The fraction of sp³-hybridized carbons (Fsp3) is 0.421. The van der Waals surface area contributed by atoms with Gasteiger partial charge in [0.05, 0.1) is 0 Å². The highest BCUT2D eigenvalue weighted by Crippen LogP contribution is 2.30. The molecule has 1 saturated carbocycles. The Morgan fingerprint density at radius 3 is 2.64 bits per heavy atom. The number of hydrogen-bond donors (Lipinski definition) is 1. The minimum Gasteiger partial charge on any atom is -0.451 e.